The number of amides is 1. The van der Waals surface area contributed by atoms with E-state index in [1.165, 1.54) is 5.56 Å². The molecule has 3 nitrogen and oxygen atoms in total. The second-order valence-electron chi connectivity index (χ2n) is 4.10. The van der Waals surface area contributed by atoms with Crippen LogP contribution < -0.4 is 5.32 Å². The Morgan fingerprint density at radius 2 is 2.06 bits per heavy atom. The van der Waals surface area contributed by atoms with Gasteiger partial charge >= 0.3 is 0 Å². The minimum Gasteiger partial charge on any atom is -0.348 e. The van der Waals surface area contributed by atoms with Crippen molar-refractivity contribution in [1.82, 2.24) is 10.3 Å². The average Bonchev–Trinajstić information content (AvgIpc) is 2.46. The topological polar surface area (TPSA) is 42.0 Å². The van der Waals surface area contributed by atoms with Crippen molar-refractivity contribution in [2.45, 2.75) is 19.9 Å². The molecule has 1 N–H and O–H groups in total. The smallest absolute Gasteiger partial charge is 0.251 e. The lowest BCUT2D eigenvalue weighted by atomic mass is 10.1. The number of carbonyl (C=O) groups excluding carboxylic acids is 1. The average molecular weight is 240 g/mol. The maximum absolute atomic E-state index is 12.0. The molecule has 0 saturated heterocycles. The summed E-state index contributed by atoms with van der Waals surface area (Å²) in [6.45, 7) is 2.58. The van der Waals surface area contributed by atoms with Crippen LogP contribution in [0.1, 0.15) is 28.4 Å². The normalized spacial score (nSPS) is 10.1. The first-order valence-electron chi connectivity index (χ1n) is 6.05. The fourth-order valence-electron chi connectivity index (χ4n) is 1.72. The Labute approximate surface area is 107 Å². The number of benzene rings is 1. The van der Waals surface area contributed by atoms with Crippen LogP contribution in [0.25, 0.3) is 0 Å². The molecular weight excluding hydrogens is 224 g/mol. The number of hydrogen-bond donors (Lipinski definition) is 1. The molecule has 0 atom stereocenters. The van der Waals surface area contributed by atoms with Crippen molar-refractivity contribution >= 4 is 5.91 Å². The van der Waals surface area contributed by atoms with Crippen LogP contribution >= 0.6 is 0 Å². The summed E-state index contributed by atoms with van der Waals surface area (Å²) in [7, 11) is 0. The third-order valence-electron chi connectivity index (χ3n) is 2.77. The van der Waals surface area contributed by atoms with Gasteiger partial charge in [0.05, 0.1) is 0 Å². The van der Waals surface area contributed by atoms with Crippen LogP contribution in [0.5, 0.6) is 0 Å². The molecule has 1 aromatic carbocycles. The summed E-state index contributed by atoms with van der Waals surface area (Å²) in [4.78, 5) is 16.0. The second-order valence-corrected chi connectivity index (χ2v) is 4.10. The number of nitrogens with zero attached hydrogens (tertiary/aromatic N) is 1. The predicted octanol–water partition coefficient (Wildman–Crippen LogP) is 2.57. The van der Waals surface area contributed by atoms with Gasteiger partial charge in [-0.25, -0.2) is 0 Å². The molecule has 0 aliphatic carbocycles. The third kappa shape index (κ3) is 3.17. The predicted molar refractivity (Wildman–Crippen MR) is 71.2 cm³/mol. The Hall–Kier alpha value is -2.16. The number of pyridine rings is 1. The lowest BCUT2D eigenvalue weighted by Gasteiger charge is -2.06. The largest absolute Gasteiger partial charge is 0.348 e. The van der Waals surface area contributed by atoms with E-state index < -0.39 is 0 Å². The van der Waals surface area contributed by atoms with Gasteiger partial charge in [0.2, 0.25) is 0 Å². The first-order chi connectivity index (χ1) is 8.79. The molecule has 0 radical (unpaired) electrons. The zero-order valence-corrected chi connectivity index (χ0v) is 10.4. The summed E-state index contributed by atoms with van der Waals surface area (Å²) >= 11 is 0. The number of hydrogen-bond acceptors (Lipinski definition) is 2. The molecule has 0 saturated carbocycles. The molecule has 0 unspecified atom stereocenters. The van der Waals surface area contributed by atoms with Crippen molar-refractivity contribution in [3.05, 3.63) is 65.5 Å². The lowest BCUT2D eigenvalue weighted by molar-refractivity contribution is 0.0951. The van der Waals surface area contributed by atoms with E-state index in [0.29, 0.717) is 12.1 Å². The van der Waals surface area contributed by atoms with Gasteiger partial charge in [-0.05, 0) is 35.7 Å². The fourth-order valence-corrected chi connectivity index (χ4v) is 1.72. The number of rotatable bonds is 4. The molecule has 18 heavy (non-hydrogen) atoms. The van der Waals surface area contributed by atoms with Crippen LogP contribution in [0.2, 0.25) is 0 Å². The molecule has 92 valence electrons. The van der Waals surface area contributed by atoms with Crippen LogP contribution in [-0.4, -0.2) is 10.9 Å². The first-order valence-corrected chi connectivity index (χ1v) is 6.05. The van der Waals surface area contributed by atoms with E-state index in [-0.39, 0.29) is 5.91 Å². The summed E-state index contributed by atoms with van der Waals surface area (Å²) in [5.41, 5.74) is 2.87. The molecule has 0 aliphatic heterocycles. The Bertz CT molecular complexity index is 523. The van der Waals surface area contributed by atoms with E-state index in [2.05, 4.69) is 17.2 Å². The number of aromatic nitrogens is 1. The van der Waals surface area contributed by atoms with Crippen LogP contribution in [0, 0.1) is 0 Å². The number of carbonyl (C=O) groups is 1. The second kappa shape index (κ2) is 5.96. The van der Waals surface area contributed by atoms with E-state index in [4.69, 9.17) is 0 Å². The monoisotopic (exact) mass is 240 g/mol. The number of nitrogens with one attached hydrogen (secondary N) is 1. The van der Waals surface area contributed by atoms with Gasteiger partial charge in [-0.1, -0.05) is 25.1 Å². The highest BCUT2D eigenvalue weighted by Gasteiger charge is 2.05. The highest BCUT2D eigenvalue weighted by Crippen LogP contribution is 2.06. The van der Waals surface area contributed by atoms with E-state index in [1.807, 2.05) is 36.4 Å². The molecule has 0 spiro atoms. The van der Waals surface area contributed by atoms with Gasteiger partial charge in [0.25, 0.3) is 5.91 Å². The SMILES string of the molecule is CCc1cccc(C(=O)NCc2cccnc2)c1. The van der Waals surface area contributed by atoms with Crippen LogP contribution in [-0.2, 0) is 13.0 Å². The fraction of sp³-hybridized carbons (Fsp3) is 0.200. The Kier molecular flexibility index (Phi) is 4.07. The first kappa shape index (κ1) is 12.3. The van der Waals surface area contributed by atoms with Crippen molar-refractivity contribution in [3.8, 4) is 0 Å². The van der Waals surface area contributed by atoms with Crippen molar-refractivity contribution in [2.75, 3.05) is 0 Å². The lowest BCUT2D eigenvalue weighted by Crippen LogP contribution is -2.22. The molecular formula is C15H16N2O. The van der Waals surface area contributed by atoms with Crippen molar-refractivity contribution in [2.24, 2.45) is 0 Å². The zero-order valence-electron chi connectivity index (χ0n) is 10.4. The molecule has 0 aliphatic rings. The Balaban J connectivity index is 1.99. The molecule has 0 fully saturated rings. The van der Waals surface area contributed by atoms with Gasteiger partial charge < -0.3 is 5.32 Å². The van der Waals surface area contributed by atoms with E-state index >= 15 is 0 Å². The molecule has 2 rings (SSSR count). The zero-order chi connectivity index (χ0) is 12.8. The summed E-state index contributed by atoms with van der Waals surface area (Å²) < 4.78 is 0. The van der Waals surface area contributed by atoms with E-state index in [1.54, 1.807) is 12.4 Å². The molecule has 0 bridgehead atoms. The van der Waals surface area contributed by atoms with Gasteiger partial charge in [-0.2, -0.15) is 0 Å². The molecule has 1 heterocycles. The molecule has 1 aromatic heterocycles. The quantitative estimate of drug-likeness (QED) is 0.892. The Morgan fingerprint density at radius 1 is 1.22 bits per heavy atom. The highest BCUT2D eigenvalue weighted by molar-refractivity contribution is 5.94. The third-order valence-corrected chi connectivity index (χ3v) is 2.77. The maximum Gasteiger partial charge on any atom is 0.251 e. The van der Waals surface area contributed by atoms with E-state index in [0.717, 1.165) is 12.0 Å². The summed E-state index contributed by atoms with van der Waals surface area (Å²) in [5, 5.41) is 2.89. The summed E-state index contributed by atoms with van der Waals surface area (Å²) in [5.74, 6) is -0.0471. The van der Waals surface area contributed by atoms with Crippen molar-refractivity contribution in [1.29, 1.82) is 0 Å². The Morgan fingerprint density at radius 3 is 2.78 bits per heavy atom. The van der Waals surface area contributed by atoms with E-state index in [9.17, 15) is 4.79 Å². The number of aryl methyl sites for hydroxylation is 1. The van der Waals surface area contributed by atoms with Gasteiger partial charge in [-0.15, -0.1) is 0 Å². The van der Waals surface area contributed by atoms with Gasteiger partial charge in [0, 0.05) is 24.5 Å². The highest BCUT2D eigenvalue weighted by atomic mass is 16.1. The minimum atomic E-state index is -0.0471. The van der Waals surface area contributed by atoms with Crippen LogP contribution in [0.3, 0.4) is 0 Å². The summed E-state index contributed by atoms with van der Waals surface area (Å²) in [6.07, 6.45) is 4.41. The minimum absolute atomic E-state index is 0.0471. The van der Waals surface area contributed by atoms with Crippen molar-refractivity contribution < 1.29 is 4.79 Å². The van der Waals surface area contributed by atoms with Gasteiger partial charge in [0.15, 0.2) is 0 Å². The molecule has 1 amide bonds. The summed E-state index contributed by atoms with van der Waals surface area (Å²) in [6, 6.07) is 11.5. The van der Waals surface area contributed by atoms with Crippen molar-refractivity contribution in [3.63, 3.8) is 0 Å². The van der Waals surface area contributed by atoms with Crippen LogP contribution in [0.15, 0.2) is 48.8 Å². The standard InChI is InChI=1S/C15H16N2O/c1-2-12-5-3-7-14(9-12)15(18)17-11-13-6-4-8-16-10-13/h3-10H,2,11H2,1H3,(H,17,18). The van der Waals surface area contributed by atoms with Crippen LogP contribution in [0.4, 0.5) is 0 Å². The maximum atomic E-state index is 12.0. The molecule has 2 aromatic rings. The van der Waals surface area contributed by atoms with Gasteiger partial charge in [-0.3, -0.25) is 9.78 Å². The molecule has 3 heteroatoms. The van der Waals surface area contributed by atoms with Gasteiger partial charge in [0.1, 0.15) is 0 Å².